The Hall–Kier alpha value is -3.77. The Kier molecular flexibility index (Phi) is 12.0. The number of benzene rings is 3. The molecule has 0 unspecified atom stereocenters. The molecule has 0 bridgehead atoms. The van der Waals surface area contributed by atoms with Crippen molar-refractivity contribution in [2.75, 3.05) is 19.5 Å². The second-order valence-corrected chi connectivity index (χ2v) is 14.0. The van der Waals surface area contributed by atoms with Crippen molar-refractivity contribution < 1.29 is 27.9 Å². The first-order valence-electron chi connectivity index (χ1n) is 15.8. The van der Waals surface area contributed by atoms with Crippen LogP contribution < -0.4 is 11.5 Å². The third-order valence-corrected chi connectivity index (χ3v) is 10.8. The van der Waals surface area contributed by atoms with E-state index >= 15 is 0 Å². The molecular weight excluding hydrogens is 604 g/mol. The van der Waals surface area contributed by atoms with Gasteiger partial charge in [0.05, 0.1) is 24.7 Å². The molecule has 0 radical (unpaired) electrons. The van der Waals surface area contributed by atoms with E-state index in [2.05, 4.69) is 0 Å². The molecule has 2 amide bonds. The average molecular weight is 651 g/mol. The first-order chi connectivity index (χ1) is 22.0. The fourth-order valence-electron chi connectivity index (χ4n) is 6.29. The molecule has 11 heteroatoms. The van der Waals surface area contributed by atoms with Gasteiger partial charge in [-0.3, -0.25) is 4.79 Å². The number of nitrogen functional groups attached to an aromatic ring is 1. The van der Waals surface area contributed by atoms with Crippen molar-refractivity contribution in [2.24, 2.45) is 11.7 Å². The van der Waals surface area contributed by atoms with E-state index in [0.717, 1.165) is 24.0 Å². The Morgan fingerprint density at radius 2 is 1.46 bits per heavy atom. The van der Waals surface area contributed by atoms with E-state index in [1.54, 1.807) is 13.8 Å². The highest BCUT2D eigenvalue weighted by atomic mass is 32.2. The average Bonchev–Trinajstić information content (AvgIpc) is 3.90. The van der Waals surface area contributed by atoms with Gasteiger partial charge in [0.2, 0.25) is 15.9 Å². The number of carbonyl (C=O) groups is 2. The summed E-state index contributed by atoms with van der Waals surface area (Å²) in [6, 6.07) is 22.3. The maximum absolute atomic E-state index is 14.2. The van der Waals surface area contributed by atoms with Crippen LogP contribution in [0.5, 0.6) is 0 Å². The molecule has 0 aromatic heterocycles. The minimum Gasteiger partial charge on any atom is -0.452 e. The van der Waals surface area contributed by atoms with E-state index in [9.17, 15) is 23.1 Å². The number of ether oxygens (including phenoxy) is 1. The molecule has 3 aromatic rings. The van der Waals surface area contributed by atoms with Crippen LogP contribution in [0.3, 0.4) is 0 Å². The Morgan fingerprint density at radius 1 is 0.913 bits per heavy atom. The van der Waals surface area contributed by atoms with Crippen LogP contribution in [0.15, 0.2) is 89.8 Å². The number of nitrogens with zero attached hydrogens (tertiary/aromatic N) is 2. The van der Waals surface area contributed by atoms with Crippen molar-refractivity contribution in [3.05, 3.63) is 96.1 Å². The molecule has 1 fully saturated rings. The first-order valence-corrected chi connectivity index (χ1v) is 17.2. The van der Waals surface area contributed by atoms with Gasteiger partial charge in [-0.1, -0.05) is 60.7 Å². The highest BCUT2D eigenvalue weighted by Crippen LogP contribution is 2.39. The van der Waals surface area contributed by atoms with Crippen LogP contribution in [0.25, 0.3) is 0 Å². The van der Waals surface area contributed by atoms with Crippen molar-refractivity contribution in [1.82, 2.24) is 9.21 Å². The molecule has 46 heavy (non-hydrogen) atoms. The van der Waals surface area contributed by atoms with Crippen LogP contribution in [0.2, 0.25) is 0 Å². The lowest BCUT2D eigenvalue weighted by molar-refractivity contribution is -0.133. The highest BCUT2D eigenvalue weighted by Gasteiger charge is 2.44. The first kappa shape index (κ1) is 35.1. The predicted molar refractivity (Wildman–Crippen MR) is 178 cm³/mol. The number of aliphatic hydroxyl groups excluding tert-OH is 1. The third kappa shape index (κ3) is 8.14. The van der Waals surface area contributed by atoms with E-state index in [-0.39, 0.29) is 17.4 Å². The van der Waals surface area contributed by atoms with Crippen LogP contribution in [0.1, 0.15) is 63.0 Å². The summed E-state index contributed by atoms with van der Waals surface area (Å²) in [4.78, 5) is 28.8. The number of amides is 2. The zero-order valence-corrected chi connectivity index (χ0v) is 27.6. The summed E-state index contributed by atoms with van der Waals surface area (Å²) in [6.07, 6.45) is 2.08. The quantitative estimate of drug-likeness (QED) is 0.199. The maximum atomic E-state index is 14.2. The van der Waals surface area contributed by atoms with Crippen molar-refractivity contribution in [1.29, 1.82) is 0 Å². The molecule has 5 N–H and O–H groups in total. The standard InChI is InChI=1S/C35H46N4O6S/c1-24(2)39(46(43,44)30-21-19-28(36)20-22-30)29(23-40)15-10-16-31(25-17-18-25)38(35(42)45-3)34(41)33(37)32(26-11-6-4-7-12-26)27-13-8-5-9-14-27/h4-9,11-14,19-22,24-25,29,31-33,40H,10,15-18,23,36-37H2,1-3H3/t29-,31+,33-/m0/s1. The molecule has 0 spiro atoms. The Bertz CT molecular complexity index is 1490. The Balaban J connectivity index is 1.57. The molecule has 0 heterocycles. The summed E-state index contributed by atoms with van der Waals surface area (Å²) in [6.45, 7) is 3.14. The van der Waals surface area contributed by atoms with Gasteiger partial charge in [0, 0.05) is 29.7 Å². The van der Waals surface area contributed by atoms with Gasteiger partial charge in [0.25, 0.3) is 0 Å². The van der Waals surface area contributed by atoms with Crippen LogP contribution in [-0.2, 0) is 19.6 Å². The van der Waals surface area contributed by atoms with Gasteiger partial charge in [0.1, 0.15) is 0 Å². The lowest BCUT2D eigenvalue weighted by Gasteiger charge is -2.35. The number of anilines is 1. The van der Waals surface area contributed by atoms with Gasteiger partial charge >= 0.3 is 6.09 Å². The number of hydrogen-bond acceptors (Lipinski definition) is 8. The van der Waals surface area contributed by atoms with Gasteiger partial charge in [-0.15, -0.1) is 0 Å². The van der Waals surface area contributed by atoms with Crippen molar-refractivity contribution in [2.45, 2.75) is 80.9 Å². The number of imide groups is 1. The molecule has 4 rings (SSSR count). The molecule has 1 saturated carbocycles. The molecule has 1 aliphatic carbocycles. The summed E-state index contributed by atoms with van der Waals surface area (Å²) in [7, 11) is -2.70. The molecule has 3 aromatic carbocycles. The topological polar surface area (TPSA) is 156 Å². The van der Waals surface area contributed by atoms with E-state index in [1.165, 1.54) is 40.6 Å². The van der Waals surface area contributed by atoms with Crippen molar-refractivity contribution in [3.63, 3.8) is 0 Å². The van der Waals surface area contributed by atoms with Crippen molar-refractivity contribution in [3.8, 4) is 0 Å². The van der Waals surface area contributed by atoms with Gasteiger partial charge in [-0.2, -0.15) is 4.31 Å². The van der Waals surface area contributed by atoms with E-state index in [4.69, 9.17) is 16.2 Å². The highest BCUT2D eigenvalue weighted by molar-refractivity contribution is 7.89. The van der Waals surface area contributed by atoms with Crippen LogP contribution in [-0.4, -0.2) is 72.6 Å². The number of sulfonamides is 1. The molecule has 0 aliphatic heterocycles. The predicted octanol–water partition coefficient (Wildman–Crippen LogP) is 4.73. The second kappa shape index (κ2) is 15.7. The molecule has 3 atom stereocenters. The fourth-order valence-corrected chi connectivity index (χ4v) is 8.14. The molecule has 1 aliphatic rings. The smallest absolute Gasteiger partial charge is 0.416 e. The summed E-state index contributed by atoms with van der Waals surface area (Å²) < 4.78 is 33.7. The Labute approximate surface area is 272 Å². The summed E-state index contributed by atoms with van der Waals surface area (Å²) in [5.41, 5.74) is 14.7. The van der Waals surface area contributed by atoms with Gasteiger partial charge < -0.3 is 21.3 Å². The number of methoxy groups -OCH3 is 1. The van der Waals surface area contributed by atoms with Crippen LogP contribution in [0, 0.1) is 5.92 Å². The van der Waals surface area contributed by atoms with Gasteiger partial charge in [-0.05, 0) is 87.3 Å². The zero-order valence-electron chi connectivity index (χ0n) is 26.7. The summed E-state index contributed by atoms with van der Waals surface area (Å²) in [5.74, 6) is -0.955. The number of nitrogens with two attached hydrogens (primary N) is 2. The monoisotopic (exact) mass is 650 g/mol. The number of carbonyl (C=O) groups excluding carboxylic acids is 2. The zero-order chi connectivity index (χ0) is 33.4. The Morgan fingerprint density at radius 3 is 1.91 bits per heavy atom. The molecule has 10 nitrogen and oxygen atoms in total. The molecular formula is C35H46N4O6S. The number of hydrogen-bond donors (Lipinski definition) is 3. The second-order valence-electron chi connectivity index (χ2n) is 12.2. The normalized spacial score (nSPS) is 15.5. The fraction of sp³-hybridized carbons (Fsp3) is 0.429. The van der Waals surface area contributed by atoms with Gasteiger partial charge in [-0.25, -0.2) is 18.1 Å². The molecule has 248 valence electrons. The van der Waals surface area contributed by atoms with E-state index in [1.807, 2.05) is 60.7 Å². The largest absolute Gasteiger partial charge is 0.452 e. The minimum absolute atomic E-state index is 0.0782. The molecule has 0 saturated heterocycles. The van der Waals surface area contributed by atoms with E-state index < -0.39 is 52.1 Å². The lowest BCUT2D eigenvalue weighted by atomic mass is 9.84. The number of rotatable bonds is 15. The summed E-state index contributed by atoms with van der Waals surface area (Å²) in [5, 5.41) is 10.4. The summed E-state index contributed by atoms with van der Waals surface area (Å²) >= 11 is 0. The van der Waals surface area contributed by atoms with Crippen LogP contribution >= 0.6 is 0 Å². The van der Waals surface area contributed by atoms with Gasteiger partial charge in [0.15, 0.2) is 0 Å². The SMILES string of the molecule is COC(=O)N(C(=O)[C@@H](N)C(c1ccccc1)c1ccccc1)[C@H](CCC[C@@H](CO)N(C(C)C)S(=O)(=O)c1ccc(N)cc1)C1CC1. The lowest BCUT2D eigenvalue weighted by Crippen LogP contribution is -2.54. The maximum Gasteiger partial charge on any atom is 0.416 e. The number of aliphatic hydroxyl groups is 1. The van der Waals surface area contributed by atoms with Crippen molar-refractivity contribution >= 4 is 27.7 Å². The minimum atomic E-state index is -3.94. The van der Waals surface area contributed by atoms with Crippen LogP contribution in [0.4, 0.5) is 10.5 Å². The third-order valence-electron chi connectivity index (χ3n) is 8.64. The van der Waals surface area contributed by atoms with E-state index in [0.29, 0.717) is 24.9 Å².